The van der Waals surface area contributed by atoms with Crippen molar-refractivity contribution in [1.82, 2.24) is 5.16 Å². The Balaban J connectivity index is 1.64. The highest BCUT2D eigenvalue weighted by atomic mass is 79.9. The fourth-order valence-corrected chi connectivity index (χ4v) is 2.82. The van der Waals surface area contributed by atoms with Crippen molar-refractivity contribution in [2.75, 3.05) is 11.9 Å². The van der Waals surface area contributed by atoms with E-state index in [9.17, 15) is 4.79 Å². The van der Waals surface area contributed by atoms with Gasteiger partial charge in [-0.05, 0) is 42.8 Å². The standard InChI is InChI=1S/C20H16BrN3O3/c1-13-18(19(27-24-13)15-6-8-17(21)9-7-15)23-20(25)26-11-10-14-4-2-3-5-16(14)12-22/h2-9H,10-11H2,1H3,(H,23,25). The summed E-state index contributed by atoms with van der Waals surface area (Å²) in [7, 11) is 0. The number of ether oxygens (including phenoxy) is 1. The lowest BCUT2D eigenvalue weighted by Gasteiger charge is -2.08. The van der Waals surface area contributed by atoms with Gasteiger partial charge in [0.25, 0.3) is 0 Å². The highest BCUT2D eigenvalue weighted by Gasteiger charge is 2.18. The fraction of sp³-hybridized carbons (Fsp3) is 0.150. The minimum absolute atomic E-state index is 0.155. The van der Waals surface area contributed by atoms with E-state index < -0.39 is 6.09 Å². The Kier molecular flexibility index (Phi) is 5.89. The highest BCUT2D eigenvalue weighted by molar-refractivity contribution is 9.10. The summed E-state index contributed by atoms with van der Waals surface area (Å²) in [6.07, 6.45) is -0.145. The molecule has 7 heteroatoms. The first-order valence-electron chi connectivity index (χ1n) is 8.22. The quantitative estimate of drug-likeness (QED) is 0.615. The number of nitriles is 1. The summed E-state index contributed by atoms with van der Waals surface area (Å²) in [4.78, 5) is 12.2. The van der Waals surface area contributed by atoms with E-state index in [-0.39, 0.29) is 6.61 Å². The number of aryl methyl sites for hydroxylation is 1. The van der Waals surface area contributed by atoms with E-state index in [0.29, 0.717) is 29.1 Å². The summed E-state index contributed by atoms with van der Waals surface area (Å²) < 4.78 is 11.5. The summed E-state index contributed by atoms with van der Waals surface area (Å²) in [5.41, 5.74) is 3.23. The molecule has 0 aliphatic heterocycles. The SMILES string of the molecule is Cc1noc(-c2ccc(Br)cc2)c1NC(=O)OCCc1ccccc1C#N. The third-order valence-electron chi connectivity index (χ3n) is 3.94. The summed E-state index contributed by atoms with van der Waals surface area (Å²) in [6, 6.07) is 16.8. The predicted octanol–water partition coefficient (Wildman–Crippen LogP) is 5.08. The van der Waals surface area contributed by atoms with Crippen LogP contribution in [-0.2, 0) is 11.2 Å². The molecule has 0 radical (unpaired) electrons. The normalized spacial score (nSPS) is 10.3. The molecule has 6 nitrogen and oxygen atoms in total. The number of rotatable bonds is 5. The Morgan fingerprint density at radius 1 is 1.26 bits per heavy atom. The van der Waals surface area contributed by atoms with Gasteiger partial charge in [-0.2, -0.15) is 5.26 Å². The zero-order valence-electron chi connectivity index (χ0n) is 14.5. The zero-order chi connectivity index (χ0) is 19.2. The Morgan fingerprint density at radius 3 is 2.74 bits per heavy atom. The van der Waals surface area contributed by atoms with Crippen molar-refractivity contribution in [2.45, 2.75) is 13.3 Å². The average molecular weight is 426 g/mol. The van der Waals surface area contributed by atoms with Gasteiger partial charge in [0.2, 0.25) is 0 Å². The van der Waals surface area contributed by atoms with E-state index in [4.69, 9.17) is 14.5 Å². The first-order chi connectivity index (χ1) is 13.1. The molecular formula is C20H16BrN3O3. The van der Waals surface area contributed by atoms with Crippen LogP contribution in [0.25, 0.3) is 11.3 Å². The van der Waals surface area contributed by atoms with Crippen molar-refractivity contribution in [3.8, 4) is 17.4 Å². The van der Waals surface area contributed by atoms with Crippen LogP contribution in [-0.4, -0.2) is 17.9 Å². The van der Waals surface area contributed by atoms with E-state index in [1.54, 1.807) is 19.1 Å². The number of hydrogen-bond acceptors (Lipinski definition) is 5. The Hall–Kier alpha value is -3.11. The lowest BCUT2D eigenvalue weighted by Crippen LogP contribution is -2.16. The molecule has 1 N–H and O–H groups in total. The molecule has 1 amide bonds. The van der Waals surface area contributed by atoms with Gasteiger partial charge in [0.05, 0.1) is 18.2 Å². The molecule has 1 heterocycles. The lowest BCUT2D eigenvalue weighted by atomic mass is 10.1. The minimum Gasteiger partial charge on any atom is -0.449 e. The monoisotopic (exact) mass is 425 g/mol. The van der Waals surface area contributed by atoms with E-state index in [0.717, 1.165) is 15.6 Å². The molecule has 0 saturated heterocycles. The number of halogens is 1. The molecule has 0 atom stereocenters. The topological polar surface area (TPSA) is 88.2 Å². The maximum absolute atomic E-state index is 12.2. The molecule has 3 aromatic rings. The lowest BCUT2D eigenvalue weighted by molar-refractivity contribution is 0.163. The van der Waals surface area contributed by atoms with Gasteiger partial charge < -0.3 is 9.26 Å². The van der Waals surface area contributed by atoms with Crippen LogP contribution in [0.4, 0.5) is 10.5 Å². The molecule has 136 valence electrons. The second kappa shape index (κ2) is 8.52. The first kappa shape index (κ1) is 18.7. The summed E-state index contributed by atoms with van der Waals surface area (Å²) in [6.45, 7) is 1.90. The number of carbonyl (C=O) groups is 1. The maximum Gasteiger partial charge on any atom is 0.411 e. The van der Waals surface area contributed by atoms with E-state index >= 15 is 0 Å². The smallest absolute Gasteiger partial charge is 0.411 e. The van der Waals surface area contributed by atoms with Crippen LogP contribution in [0.1, 0.15) is 16.8 Å². The van der Waals surface area contributed by atoms with Crippen molar-refractivity contribution in [2.24, 2.45) is 0 Å². The van der Waals surface area contributed by atoms with Gasteiger partial charge in [0, 0.05) is 16.5 Å². The van der Waals surface area contributed by atoms with Crippen molar-refractivity contribution in [3.05, 3.63) is 69.8 Å². The molecule has 27 heavy (non-hydrogen) atoms. The van der Waals surface area contributed by atoms with Crippen LogP contribution < -0.4 is 5.32 Å². The third kappa shape index (κ3) is 4.54. The number of amides is 1. The molecule has 0 unspecified atom stereocenters. The zero-order valence-corrected chi connectivity index (χ0v) is 16.1. The molecule has 3 rings (SSSR count). The summed E-state index contributed by atoms with van der Waals surface area (Å²) >= 11 is 3.38. The first-order valence-corrected chi connectivity index (χ1v) is 9.02. The van der Waals surface area contributed by atoms with Gasteiger partial charge >= 0.3 is 6.09 Å². The van der Waals surface area contributed by atoms with Gasteiger partial charge in [-0.1, -0.05) is 39.3 Å². The van der Waals surface area contributed by atoms with Crippen molar-refractivity contribution < 1.29 is 14.1 Å². The number of hydrogen-bond donors (Lipinski definition) is 1. The second-order valence-corrected chi connectivity index (χ2v) is 6.67. The number of aromatic nitrogens is 1. The van der Waals surface area contributed by atoms with Crippen LogP contribution in [0.2, 0.25) is 0 Å². The van der Waals surface area contributed by atoms with Crippen LogP contribution >= 0.6 is 15.9 Å². The largest absolute Gasteiger partial charge is 0.449 e. The molecule has 0 aliphatic carbocycles. The van der Waals surface area contributed by atoms with Crippen LogP contribution in [0, 0.1) is 18.3 Å². The molecule has 0 spiro atoms. The molecule has 0 aliphatic rings. The molecule has 0 bridgehead atoms. The molecule has 0 fully saturated rings. The molecule has 2 aromatic carbocycles. The predicted molar refractivity (Wildman–Crippen MR) is 104 cm³/mol. The Morgan fingerprint density at radius 2 is 2.00 bits per heavy atom. The Bertz CT molecular complexity index is 990. The third-order valence-corrected chi connectivity index (χ3v) is 4.47. The molecule has 0 saturated carbocycles. The van der Waals surface area contributed by atoms with Crippen LogP contribution in [0.15, 0.2) is 57.5 Å². The maximum atomic E-state index is 12.2. The van der Waals surface area contributed by atoms with Gasteiger partial charge in [-0.15, -0.1) is 0 Å². The molecular weight excluding hydrogens is 410 g/mol. The van der Waals surface area contributed by atoms with Crippen LogP contribution in [0.5, 0.6) is 0 Å². The highest BCUT2D eigenvalue weighted by Crippen LogP contribution is 2.31. The Labute approximate surface area is 164 Å². The number of anilines is 1. The van der Waals surface area contributed by atoms with E-state index in [1.165, 1.54) is 0 Å². The minimum atomic E-state index is -0.603. The molecule has 1 aromatic heterocycles. The fourth-order valence-electron chi connectivity index (χ4n) is 2.55. The van der Waals surface area contributed by atoms with Crippen molar-refractivity contribution in [1.29, 1.82) is 5.26 Å². The van der Waals surface area contributed by atoms with E-state index in [2.05, 4.69) is 32.5 Å². The van der Waals surface area contributed by atoms with Crippen molar-refractivity contribution >= 4 is 27.7 Å². The average Bonchev–Trinajstić information content (AvgIpc) is 3.03. The van der Waals surface area contributed by atoms with Crippen molar-refractivity contribution in [3.63, 3.8) is 0 Å². The van der Waals surface area contributed by atoms with E-state index in [1.807, 2.05) is 36.4 Å². The summed E-state index contributed by atoms with van der Waals surface area (Å²) in [5.74, 6) is 0.465. The van der Waals surface area contributed by atoms with Gasteiger partial charge in [0.15, 0.2) is 5.76 Å². The van der Waals surface area contributed by atoms with Crippen LogP contribution in [0.3, 0.4) is 0 Å². The van der Waals surface area contributed by atoms with Gasteiger partial charge in [-0.3, -0.25) is 5.32 Å². The van der Waals surface area contributed by atoms with Gasteiger partial charge in [-0.25, -0.2) is 4.79 Å². The number of benzene rings is 2. The number of carbonyl (C=O) groups excluding carboxylic acids is 1. The number of nitrogens with one attached hydrogen (secondary N) is 1. The summed E-state index contributed by atoms with van der Waals surface area (Å²) in [5, 5.41) is 15.7. The van der Waals surface area contributed by atoms with Gasteiger partial charge in [0.1, 0.15) is 11.4 Å². The second-order valence-electron chi connectivity index (χ2n) is 5.76. The number of nitrogens with zero attached hydrogens (tertiary/aromatic N) is 2.